The Kier molecular flexibility index (Phi) is 8.42. The lowest BCUT2D eigenvalue weighted by molar-refractivity contribution is 0.186. The summed E-state index contributed by atoms with van der Waals surface area (Å²) < 4.78 is 10.5. The van der Waals surface area contributed by atoms with Gasteiger partial charge in [0.25, 0.3) is 0 Å². The van der Waals surface area contributed by atoms with Crippen LogP contribution in [-0.4, -0.2) is 38.4 Å². The van der Waals surface area contributed by atoms with Crippen LogP contribution >= 0.6 is 11.6 Å². The Hall–Kier alpha value is -2.44. The fourth-order valence-corrected chi connectivity index (χ4v) is 3.03. The van der Waals surface area contributed by atoms with Crippen LogP contribution in [0.1, 0.15) is 37.1 Å². The van der Waals surface area contributed by atoms with E-state index in [1.165, 1.54) is 0 Å². The van der Waals surface area contributed by atoms with E-state index in [2.05, 4.69) is 15.6 Å². The Labute approximate surface area is 171 Å². The number of aliphatic imine (C=N–C) groups is 1. The zero-order chi connectivity index (χ0) is 20.5. The number of hydrogen-bond donors (Lipinski definition) is 3. The summed E-state index contributed by atoms with van der Waals surface area (Å²) in [7, 11) is 3.15. The molecule has 28 heavy (non-hydrogen) atoms. The molecule has 0 spiro atoms. The molecule has 0 saturated heterocycles. The first kappa shape index (κ1) is 21.9. The molecule has 0 bridgehead atoms. The predicted octanol–water partition coefficient (Wildman–Crippen LogP) is 3.71. The fraction of sp³-hybridized carbons (Fsp3) is 0.381. The van der Waals surface area contributed by atoms with Crippen LogP contribution in [0.4, 0.5) is 0 Å². The van der Waals surface area contributed by atoms with Gasteiger partial charge < -0.3 is 25.2 Å². The maximum atomic E-state index is 10.6. The number of halogens is 1. The molecule has 2 rings (SSSR count). The zero-order valence-corrected chi connectivity index (χ0v) is 17.5. The van der Waals surface area contributed by atoms with Crippen molar-refractivity contribution >= 4 is 17.6 Å². The summed E-state index contributed by atoms with van der Waals surface area (Å²) in [5, 5.41) is 17.8. The van der Waals surface area contributed by atoms with E-state index in [0.717, 1.165) is 5.56 Å². The van der Waals surface area contributed by atoms with Crippen molar-refractivity contribution in [3.8, 4) is 11.5 Å². The third-order valence-corrected chi connectivity index (χ3v) is 4.59. The highest BCUT2D eigenvalue weighted by molar-refractivity contribution is 6.31. The van der Waals surface area contributed by atoms with Crippen molar-refractivity contribution in [2.45, 2.75) is 26.0 Å². The van der Waals surface area contributed by atoms with Crippen LogP contribution in [0.15, 0.2) is 47.5 Å². The minimum atomic E-state index is -0.796. The fourth-order valence-electron chi connectivity index (χ4n) is 2.73. The van der Waals surface area contributed by atoms with Crippen molar-refractivity contribution in [1.82, 2.24) is 10.6 Å². The molecule has 0 heterocycles. The number of ether oxygens (including phenoxy) is 2. The van der Waals surface area contributed by atoms with Crippen LogP contribution in [0.3, 0.4) is 0 Å². The molecule has 152 valence electrons. The molecular formula is C21H28ClN3O3. The van der Waals surface area contributed by atoms with Gasteiger partial charge in [-0.2, -0.15) is 0 Å². The number of rotatable bonds is 8. The quantitative estimate of drug-likeness (QED) is 0.461. The Balaban J connectivity index is 2.12. The Morgan fingerprint density at radius 1 is 1.14 bits per heavy atom. The van der Waals surface area contributed by atoms with Crippen LogP contribution in [0.2, 0.25) is 5.02 Å². The zero-order valence-electron chi connectivity index (χ0n) is 16.7. The standard InChI is InChI=1S/C21H28ClN3O3/c1-5-23-21(25-14(2)18-8-6-7-9-19(18)22)24-13-20(26)15-10-16(27-3)12-17(11-15)28-4/h6-12,14,20,26H,5,13H2,1-4H3,(H2,23,24,25). The summed E-state index contributed by atoms with van der Waals surface area (Å²) in [4.78, 5) is 4.52. The molecule has 2 unspecified atom stereocenters. The number of nitrogens with zero attached hydrogens (tertiary/aromatic N) is 1. The number of methoxy groups -OCH3 is 2. The number of guanidine groups is 1. The Bertz CT molecular complexity index is 776. The maximum absolute atomic E-state index is 10.6. The molecule has 0 saturated carbocycles. The van der Waals surface area contributed by atoms with Crippen LogP contribution in [0.5, 0.6) is 11.5 Å². The molecule has 0 aromatic heterocycles. The van der Waals surface area contributed by atoms with Gasteiger partial charge >= 0.3 is 0 Å². The van der Waals surface area contributed by atoms with Crippen LogP contribution < -0.4 is 20.1 Å². The summed E-state index contributed by atoms with van der Waals surface area (Å²) in [5.74, 6) is 1.84. The molecular weight excluding hydrogens is 378 g/mol. The second-order valence-corrected chi connectivity index (χ2v) is 6.68. The SMILES string of the molecule is CCNC(=NCC(O)c1cc(OC)cc(OC)c1)NC(C)c1ccccc1Cl. The summed E-state index contributed by atoms with van der Waals surface area (Å²) in [6.07, 6.45) is -0.796. The average Bonchev–Trinajstić information content (AvgIpc) is 2.71. The van der Waals surface area contributed by atoms with E-state index >= 15 is 0 Å². The smallest absolute Gasteiger partial charge is 0.191 e. The van der Waals surface area contributed by atoms with Gasteiger partial charge in [-0.15, -0.1) is 0 Å². The molecule has 0 aliphatic carbocycles. The lowest BCUT2D eigenvalue weighted by atomic mass is 10.1. The third-order valence-electron chi connectivity index (χ3n) is 4.25. The summed E-state index contributed by atoms with van der Waals surface area (Å²) in [6, 6.07) is 12.9. The first-order valence-corrected chi connectivity index (χ1v) is 9.56. The minimum Gasteiger partial charge on any atom is -0.497 e. The highest BCUT2D eigenvalue weighted by Crippen LogP contribution is 2.26. The van der Waals surface area contributed by atoms with E-state index in [1.54, 1.807) is 32.4 Å². The number of aliphatic hydroxyl groups excluding tert-OH is 1. The third kappa shape index (κ3) is 6.04. The monoisotopic (exact) mass is 405 g/mol. The van der Waals surface area contributed by atoms with Gasteiger partial charge in [0.2, 0.25) is 0 Å². The van der Waals surface area contributed by atoms with Crippen molar-refractivity contribution in [1.29, 1.82) is 0 Å². The second-order valence-electron chi connectivity index (χ2n) is 6.27. The van der Waals surface area contributed by atoms with Crippen molar-refractivity contribution in [3.63, 3.8) is 0 Å². The molecule has 0 fully saturated rings. The molecule has 7 heteroatoms. The number of hydrogen-bond acceptors (Lipinski definition) is 4. The highest BCUT2D eigenvalue weighted by Gasteiger charge is 2.13. The van der Waals surface area contributed by atoms with E-state index in [9.17, 15) is 5.11 Å². The van der Waals surface area contributed by atoms with Crippen molar-refractivity contribution in [2.75, 3.05) is 27.3 Å². The molecule has 2 aromatic carbocycles. The molecule has 2 aromatic rings. The van der Waals surface area contributed by atoms with Gasteiger partial charge in [-0.25, -0.2) is 0 Å². The minimum absolute atomic E-state index is 0.0412. The van der Waals surface area contributed by atoms with Gasteiger partial charge in [0.05, 0.1) is 32.9 Å². The van der Waals surface area contributed by atoms with Crippen LogP contribution in [-0.2, 0) is 0 Å². The Morgan fingerprint density at radius 3 is 2.36 bits per heavy atom. The summed E-state index contributed by atoms with van der Waals surface area (Å²) in [5.41, 5.74) is 1.66. The molecule has 3 N–H and O–H groups in total. The molecule has 0 amide bonds. The van der Waals surface area contributed by atoms with Crippen LogP contribution in [0, 0.1) is 0 Å². The van der Waals surface area contributed by atoms with Gasteiger partial charge in [-0.1, -0.05) is 29.8 Å². The van der Waals surface area contributed by atoms with Gasteiger partial charge in [0, 0.05) is 17.6 Å². The second kappa shape index (κ2) is 10.8. The number of benzene rings is 2. The van der Waals surface area contributed by atoms with E-state index < -0.39 is 6.10 Å². The highest BCUT2D eigenvalue weighted by atomic mass is 35.5. The van der Waals surface area contributed by atoms with Gasteiger partial charge in [-0.3, -0.25) is 4.99 Å². The van der Waals surface area contributed by atoms with Crippen LogP contribution in [0.25, 0.3) is 0 Å². The van der Waals surface area contributed by atoms with Gasteiger partial charge in [-0.05, 0) is 43.2 Å². The summed E-state index contributed by atoms with van der Waals surface area (Å²) in [6.45, 7) is 4.88. The number of aliphatic hydroxyl groups is 1. The molecule has 0 aliphatic rings. The first-order valence-electron chi connectivity index (χ1n) is 9.18. The first-order chi connectivity index (χ1) is 13.5. The van der Waals surface area contributed by atoms with E-state index in [-0.39, 0.29) is 12.6 Å². The molecule has 0 radical (unpaired) electrons. The topological polar surface area (TPSA) is 75.1 Å². The normalized spacial score (nSPS) is 13.6. The average molecular weight is 406 g/mol. The number of nitrogens with one attached hydrogen (secondary N) is 2. The molecule has 2 atom stereocenters. The Morgan fingerprint density at radius 2 is 1.79 bits per heavy atom. The van der Waals surface area contributed by atoms with E-state index in [4.69, 9.17) is 21.1 Å². The molecule has 6 nitrogen and oxygen atoms in total. The van der Waals surface area contributed by atoms with Crippen molar-refractivity contribution in [2.24, 2.45) is 4.99 Å². The lowest BCUT2D eigenvalue weighted by Gasteiger charge is -2.20. The molecule has 0 aliphatic heterocycles. The van der Waals surface area contributed by atoms with Gasteiger partial charge in [0.15, 0.2) is 5.96 Å². The van der Waals surface area contributed by atoms with Gasteiger partial charge in [0.1, 0.15) is 11.5 Å². The van der Waals surface area contributed by atoms with Crippen molar-refractivity contribution < 1.29 is 14.6 Å². The van der Waals surface area contributed by atoms with Crippen molar-refractivity contribution in [3.05, 3.63) is 58.6 Å². The lowest BCUT2D eigenvalue weighted by Crippen LogP contribution is -2.39. The predicted molar refractivity (Wildman–Crippen MR) is 113 cm³/mol. The maximum Gasteiger partial charge on any atom is 0.191 e. The van der Waals surface area contributed by atoms with E-state index in [1.807, 2.05) is 38.1 Å². The largest absolute Gasteiger partial charge is 0.497 e. The summed E-state index contributed by atoms with van der Waals surface area (Å²) >= 11 is 6.28. The van der Waals surface area contributed by atoms with E-state index in [0.29, 0.717) is 34.6 Å².